The Labute approximate surface area is 853 Å². The van der Waals surface area contributed by atoms with Crippen molar-refractivity contribution in [2.45, 2.75) is 314 Å². The van der Waals surface area contributed by atoms with Crippen molar-refractivity contribution in [1.82, 2.24) is 44.4 Å². The second-order valence-electron chi connectivity index (χ2n) is 53.6. The minimum absolute atomic E-state index is 0.172. The number of benzene rings is 7. The third-order valence-electron chi connectivity index (χ3n) is 29.6. The van der Waals surface area contributed by atoms with Crippen molar-refractivity contribution >= 4 is 92.7 Å². The van der Waals surface area contributed by atoms with Crippen LogP contribution < -0.4 is 0 Å². The van der Waals surface area contributed by atoms with Crippen LogP contribution in [0, 0.1) is 0 Å². The fraction of sp³-hybridized carbons (Fsp3) is 0.358. The molecule has 143 heavy (non-hydrogen) atoms. The predicted molar refractivity (Wildman–Crippen MR) is 618 cm³/mol. The molecule has 0 fully saturated rings. The molecule has 0 amide bonds. The number of nitrogens with zero attached hydrogens (tertiary/aromatic N) is 5. The zero-order valence-corrected chi connectivity index (χ0v) is 92.4. The molecule has 7 aromatic heterocycles. The first-order valence-corrected chi connectivity index (χ1v) is 52.0. The van der Waals surface area contributed by atoms with Crippen molar-refractivity contribution < 1.29 is 0 Å². The van der Waals surface area contributed by atoms with Crippen LogP contribution in [0.15, 0.2) is 200 Å². The number of aromatic amines is 4. The largest absolute Gasteiger partial charge is 0.354 e. The highest BCUT2D eigenvalue weighted by Crippen LogP contribution is 2.51. The van der Waals surface area contributed by atoms with E-state index in [9.17, 15) is 0 Å². The van der Waals surface area contributed by atoms with E-state index in [-0.39, 0.29) is 65.0 Å². The lowest BCUT2D eigenvalue weighted by Gasteiger charge is -2.26. The first-order chi connectivity index (χ1) is 66.4. The number of rotatable bonds is 9. The third kappa shape index (κ3) is 19.8. The van der Waals surface area contributed by atoms with Gasteiger partial charge in [0.1, 0.15) is 0 Å². The number of hydrogen-bond donors (Lipinski definition) is 4. The summed E-state index contributed by atoms with van der Waals surface area (Å²) in [5.74, 6) is 0. The molecule has 0 saturated heterocycles. The summed E-state index contributed by atoms with van der Waals surface area (Å²) in [6, 6.07) is 77.7. The van der Waals surface area contributed by atoms with Crippen LogP contribution in [0.4, 0.5) is 0 Å². The van der Waals surface area contributed by atoms with Crippen molar-refractivity contribution in [1.29, 1.82) is 0 Å². The van der Waals surface area contributed by atoms with Crippen molar-refractivity contribution in [3.63, 3.8) is 0 Å². The molecule has 9 nitrogen and oxygen atoms in total. The van der Waals surface area contributed by atoms with E-state index in [4.69, 9.17) is 19.9 Å². The van der Waals surface area contributed by atoms with Gasteiger partial charge >= 0.3 is 0 Å². The van der Waals surface area contributed by atoms with E-state index in [1.807, 2.05) is 0 Å². The van der Waals surface area contributed by atoms with E-state index in [0.717, 1.165) is 185 Å². The lowest BCUT2D eigenvalue weighted by atomic mass is 9.78. The zero-order chi connectivity index (χ0) is 103. The van der Waals surface area contributed by atoms with Gasteiger partial charge in [-0.05, 0) is 287 Å². The summed E-state index contributed by atoms with van der Waals surface area (Å²) < 4.78 is 2.48. The second-order valence-corrected chi connectivity index (χ2v) is 53.6. The quantitative estimate of drug-likeness (QED) is 0.115. The van der Waals surface area contributed by atoms with Gasteiger partial charge in [0.05, 0.1) is 68.0 Å². The minimum atomic E-state index is -0.207. The molecule has 0 unspecified atom stereocenters. The number of para-hydroxylation sites is 1. The van der Waals surface area contributed by atoms with Gasteiger partial charge in [-0.25, -0.2) is 19.9 Å². The maximum absolute atomic E-state index is 6.23. The fourth-order valence-electron chi connectivity index (χ4n) is 20.3. The number of fused-ring (bicyclic) bond motifs is 16. The number of hydrogen-bond acceptors (Lipinski definition) is 4. The molecule has 7 aromatic carbocycles. The maximum Gasteiger partial charge on any atom is 0.0752 e. The Bertz CT molecular complexity index is 7210. The van der Waals surface area contributed by atoms with Gasteiger partial charge in [0, 0.05) is 83.3 Å². The van der Waals surface area contributed by atoms with Crippen LogP contribution in [0.3, 0.4) is 0 Å². The normalized spacial score (nSPS) is 13.8. The Hall–Kier alpha value is -13.0. The van der Waals surface area contributed by atoms with Gasteiger partial charge in [-0.3, -0.25) is 0 Å². The molecule has 0 radical (unpaired) electrons. The Balaban J connectivity index is 1.03. The Kier molecular flexibility index (Phi) is 24.5. The topological polar surface area (TPSA) is 120 Å². The molecule has 4 aliphatic heterocycles. The Morgan fingerprint density at radius 2 is 0.301 bits per heavy atom. The van der Waals surface area contributed by atoms with E-state index in [1.165, 1.54) is 66.8 Å². The number of nitrogens with one attached hydrogen (secondary N) is 4. The summed E-state index contributed by atoms with van der Waals surface area (Å²) in [6.45, 7) is 84.0. The molecule has 4 N–H and O–H groups in total. The third-order valence-corrected chi connectivity index (χ3v) is 29.6. The monoisotopic (exact) mass is 1890 g/mol. The molecular formula is C134H153N9. The molecule has 14 aromatic rings. The molecule has 9 heteroatoms. The number of aromatic nitrogens is 9. The molecule has 0 spiro atoms. The molecule has 0 atom stereocenters. The highest BCUT2D eigenvalue weighted by atomic mass is 15.0. The first-order valence-electron chi connectivity index (χ1n) is 52.0. The molecule has 16 bridgehead atoms. The van der Waals surface area contributed by atoms with Crippen LogP contribution in [0.25, 0.3) is 188 Å². The second kappa shape index (κ2) is 34.9. The van der Waals surface area contributed by atoms with Crippen LogP contribution in [-0.2, 0) is 65.0 Å². The summed E-state index contributed by atoms with van der Waals surface area (Å²) in [7, 11) is 0. The Morgan fingerprint density at radius 1 is 0.161 bits per heavy atom. The highest BCUT2D eigenvalue weighted by Gasteiger charge is 2.35. The minimum Gasteiger partial charge on any atom is -0.354 e. The smallest absolute Gasteiger partial charge is 0.0752 e. The van der Waals surface area contributed by atoms with E-state index in [1.54, 1.807) is 0 Å². The summed E-state index contributed by atoms with van der Waals surface area (Å²) in [6.07, 6.45) is 18.2. The summed E-state index contributed by atoms with van der Waals surface area (Å²) in [4.78, 5) is 41.8. The van der Waals surface area contributed by atoms with Gasteiger partial charge in [-0.15, -0.1) is 0 Å². The lowest BCUT2D eigenvalue weighted by Crippen LogP contribution is -2.16. The van der Waals surface area contributed by atoms with Crippen molar-refractivity contribution in [3.05, 3.63) is 313 Å². The fourth-order valence-corrected chi connectivity index (χ4v) is 20.3. The van der Waals surface area contributed by atoms with Gasteiger partial charge in [0.25, 0.3) is 0 Å². The average molecular weight is 1890 g/mol. The predicted octanol–water partition coefficient (Wildman–Crippen LogP) is 37.3. The van der Waals surface area contributed by atoms with Crippen LogP contribution >= 0.6 is 0 Å². The van der Waals surface area contributed by atoms with Crippen LogP contribution in [0.2, 0.25) is 0 Å². The standard InChI is InChI=1S/C134H153N9/c1-123(2,3)84-60-78(61-85(72-84)124(4,5)6)115-97-42-46-101(135-97)117(80-64-88(127(13,14)15)74-89(65-80)128(16,17)18)105-50-54-109(139-105)121(110-55-51-106(140-110)118(102-47-43-98(115)136-102)81-66-90(129(19,20)21)75-91(67-81)130(22,23)24)113-58-59-114(143(113)96-40-38-37-39-41-96)122-111-56-52-107(141-111)119(82-68-92(131(25,26)27)76-93(69-82)132(28,29)30)103-48-44-99(137-103)116(79-62-86(125(7,8)9)73-87(63-79)126(10,11)12)100-45-49-104(138-100)120(108-53-57-112(122)142-108)83-70-94(133(31,32)33)77-95(71-83)134(34,35)36/h37-77,135,137,140,142H,1-36H3. The SMILES string of the molecule is CC(C)(C)c1cc(-c2c3nc(c(-c4cc(C(C)(C)C)cc(C(C)(C)C)c4)c4ccc([nH]4)c(-c4ccc(-c5c6nc(c(-c7cc(C(C)(C)C)cc(C(C)(C)C)c7)c7ccc([nH]7)c(-c7cc(C(C)(C)C)cc(C(C)(C)C)c7)c7nc(c(-c8cc(C(C)(C)C)cc(C(C)(C)C)c8)c8ccc5[nH]8)C=C7)C=C6)n4-c4ccccc4)c4nc(c(-c5cc(C(C)(C)C)cc(C(C)(C)C)c5)c5ccc2[nH]5)C=C4)C=C3)cc(C(C)(C)C)c1. The maximum atomic E-state index is 6.23. The van der Waals surface area contributed by atoms with E-state index < -0.39 is 0 Å². The Morgan fingerprint density at radius 3 is 0.448 bits per heavy atom. The van der Waals surface area contributed by atoms with E-state index in [2.05, 4.69) is 523 Å². The van der Waals surface area contributed by atoms with Gasteiger partial charge in [0.15, 0.2) is 0 Å². The van der Waals surface area contributed by atoms with Crippen LogP contribution in [-0.4, -0.2) is 44.4 Å². The molecular weight excluding hydrogens is 1740 g/mol. The van der Waals surface area contributed by atoms with E-state index >= 15 is 0 Å². The van der Waals surface area contributed by atoms with Crippen molar-refractivity contribution in [3.8, 4) is 95.0 Å². The first kappa shape index (κ1) is 100. The summed E-state index contributed by atoms with van der Waals surface area (Å²) in [5, 5.41) is 0. The summed E-state index contributed by atoms with van der Waals surface area (Å²) in [5.41, 5.74) is 43.9. The van der Waals surface area contributed by atoms with Gasteiger partial charge in [-0.2, -0.15) is 0 Å². The van der Waals surface area contributed by atoms with E-state index in [0.29, 0.717) is 0 Å². The van der Waals surface area contributed by atoms with Gasteiger partial charge in [0.2, 0.25) is 0 Å². The average Bonchev–Trinajstić information content (AvgIpc) is 1.58. The molecule has 0 saturated carbocycles. The van der Waals surface area contributed by atoms with Gasteiger partial charge < -0.3 is 24.5 Å². The lowest BCUT2D eigenvalue weighted by molar-refractivity contribution is 0.568. The molecule has 734 valence electrons. The molecule has 0 aliphatic carbocycles. The molecule has 4 aliphatic rings. The summed E-state index contributed by atoms with van der Waals surface area (Å²) >= 11 is 0. The molecule has 18 rings (SSSR count). The highest BCUT2D eigenvalue weighted by molar-refractivity contribution is 6.05. The molecule has 11 heterocycles. The van der Waals surface area contributed by atoms with Crippen LogP contribution in [0.5, 0.6) is 0 Å². The van der Waals surface area contributed by atoms with Crippen molar-refractivity contribution in [2.75, 3.05) is 0 Å². The van der Waals surface area contributed by atoms with Crippen molar-refractivity contribution in [2.24, 2.45) is 0 Å². The van der Waals surface area contributed by atoms with Crippen LogP contribution in [0.1, 0.15) is 362 Å². The zero-order valence-electron chi connectivity index (χ0n) is 92.4. The van der Waals surface area contributed by atoms with Gasteiger partial charge in [-0.1, -0.05) is 377 Å². The number of H-pyrrole nitrogens is 4.